The van der Waals surface area contributed by atoms with E-state index in [2.05, 4.69) is 10.2 Å². The van der Waals surface area contributed by atoms with E-state index >= 15 is 0 Å². The van der Waals surface area contributed by atoms with Gasteiger partial charge in [0.2, 0.25) is 5.91 Å². The monoisotopic (exact) mass is 410 g/mol. The van der Waals surface area contributed by atoms with Crippen molar-refractivity contribution in [1.82, 2.24) is 10.2 Å². The highest BCUT2D eigenvalue weighted by Gasteiger charge is 2.40. The van der Waals surface area contributed by atoms with Crippen LogP contribution < -0.4 is 5.32 Å². The van der Waals surface area contributed by atoms with Crippen LogP contribution in [0.5, 0.6) is 0 Å². The van der Waals surface area contributed by atoms with Gasteiger partial charge in [0.05, 0.1) is 16.1 Å². The molecule has 3 nitrogen and oxygen atoms in total. The molecule has 1 N–H and O–H groups in total. The second kappa shape index (κ2) is 8.13. The molecule has 1 saturated heterocycles. The number of rotatable bonds is 4. The average molecular weight is 411 g/mol. The molecule has 0 saturated carbocycles. The van der Waals surface area contributed by atoms with E-state index in [1.165, 1.54) is 18.6 Å². The summed E-state index contributed by atoms with van der Waals surface area (Å²) in [5.74, 6) is -0.264. The molecule has 7 heteroatoms. The summed E-state index contributed by atoms with van der Waals surface area (Å²) in [7, 11) is 0. The van der Waals surface area contributed by atoms with Gasteiger partial charge in [0, 0.05) is 26.6 Å². The van der Waals surface area contributed by atoms with Crippen molar-refractivity contribution < 1.29 is 18.0 Å². The van der Waals surface area contributed by atoms with Gasteiger partial charge in [-0.15, -0.1) is 0 Å². The maximum Gasteiger partial charge on any atom is 0.417 e. The van der Waals surface area contributed by atoms with Crippen molar-refractivity contribution in [2.24, 2.45) is 0 Å². The molecule has 2 aromatic carbocycles. The lowest BCUT2D eigenvalue weighted by Crippen LogP contribution is -2.52. The first kappa shape index (κ1) is 20.7. The fraction of sp³-hybridized carbons (Fsp3) is 0.381. The molecule has 150 valence electrons. The number of piperidine rings is 1. The van der Waals surface area contributed by atoms with Crippen molar-refractivity contribution >= 4 is 17.5 Å². The smallest absolute Gasteiger partial charge is 0.347 e. The van der Waals surface area contributed by atoms with E-state index in [1.807, 2.05) is 30.3 Å². The van der Waals surface area contributed by atoms with Crippen molar-refractivity contribution in [2.75, 3.05) is 13.1 Å². The van der Waals surface area contributed by atoms with Crippen LogP contribution in [0.4, 0.5) is 13.2 Å². The molecular formula is C21H22ClF3N2O. The summed E-state index contributed by atoms with van der Waals surface area (Å²) in [4.78, 5) is 14.1. The molecule has 1 aliphatic heterocycles. The van der Waals surface area contributed by atoms with E-state index < -0.39 is 17.3 Å². The number of hydrogen-bond acceptors (Lipinski definition) is 2. The van der Waals surface area contributed by atoms with Crippen LogP contribution in [0.1, 0.15) is 36.5 Å². The Morgan fingerprint density at radius 2 is 1.79 bits per heavy atom. The Kier molecular flexibility index (Phi) is 6.01. The standard InChI is InChI=1S/C21H22ClF3N2O/c1-15(28)26-20(17-7-8-19(22)18(13-17)21(23,24)25)9-11-27(12-10-20)14-16-5-3-2-4-6-16/h2-8,13H,9-12,14H2,1H3,(H,26,28). The summed E-state index contributed by atoms with van der Waals surface area (Å²) in [6, 6.07) is 13.9. The summed E-state index contributed by atoms with van der Waals surface area (Å²) in [5.41, 5.74) is -0.0776. The van der Waals surface area contributed by atoms with Crippen LogP contribution in [0.2, 0.25) is 5.02 Å². The minimum atomic E-state index is -4.54. The third kappa shape index (κ3) is 4.67. The topological polar surface area (TPSA) is 32.3 Å². The average Bonchev–Trinajstić information content (AvgIpc) is 2.63. The molecule has 0 aromatic heterocycles. The second-order valence-corrected chi connectivity index (χ2v) is 7.62. The molecule has 1 amide bonds. The number of benzene rings is 2. The molecule has 2 aromatic rings. The first-order valence-electron chi connectivity index (χ1n) is 9.12. The quantitative estimate of drug-likeness (QED) is 0.770. The Balaban J connectivity index is 1.84. The molecule has 0 unspecified atom stereocenters. The minimum Gasteiger partial charge on any atom is -0.347 e. The van der Waals surface area contributed by atoms with Crippen molar-refractivity contribution in [2.45, 2.75) is 38.0 Å². The number of carbonyl (C=O) groups excluding carboxylic acids is 1. The molecule has 1 heterocycles. The number of carbonyl (C=O) groups is 1. The van der Waals surface area contributed by atoms with Crippen LogP contribution in [-0.2, 0) is 23.1 Å². The molecule has 0 bridgehead atoms. The van der Waals surface area contributed by atoms with E-state index in [-0.39, 0.29) is 10.9 Å². The highest BCUT2D eigenvalue weighted by atomic mass is 35.5. The van der Waals surface area contributed by atoms with E-state index in [9.17, 15) is 18.0 Å². The van der Waals surface area contributed by atoms with Gasteiger partial charge in [-0.05, 0) is 36.1 Å². The van der Waals surface area contributed by atoms with Crippen molar-refractivity contribution in [1.29, 1.82) is 0 Å². The minimum absolute atomic E-state index is 0.264. The summed E-state index contributed by atoms with van der Waals surface area (Å²) < 4.78 is 39.9. The van der Waals surface area contributed by atoms with Crippen LogP contribution in [0, 0.1) is 0 Å². The third-order valence-corrected chi connectivity index (χ3v) is 5.53. The lowest BCUT2D eigenvalue weighted by Gasteiger charge is -2.43. The predicted molar refractivity (Wildman–Crippen MR) is 103 cm³/mol. The van der Waals surface area contributed by atoms with Crippen LogP contribution >= 0.6 is 11.6 Å². The van der Waals surface area contributed by atoms with Crippen molar-refractivity contribution in [3.8, 4) is 0 Å². The van der Waals surface area contributed by atoms with Crippen LogP contribution in [0.3, 0.4) is 0 Å². The Morgan fingerprint density at radius 1 is 1.14 bits per heavy atom. The van der Waals surface area contributed by atoms with Gasteiger partial charge in [-0.25, -0.2) is 0 Å². The van der Waals surface area contributed by atoms with Gasteiger partial charge in [0.25, 0.3) is 0 Å². The second-order valence-electron chi connectivity index (χ2n) is 7.22. The molecule has 28 heavy (non-hydrogen) atoms. The summed E-state index contributed by atoms with van der Waals surface area (Å²) in [6.45, 7) is 3.49. The van der Waals surface area contributed by atoms with Crippen LogP contribution in [0.25, 0.3) is 0 Å². The van der Waals surface area contributed by atoms with E-state index in [0.717, 1.165) is 12.6 Å². The van der Waals surface area contributed by atoms with Crippen LogP contribution in [0.15, 0.2) is 48.5 Å². The lowest BCUT2D eigenvalue weighted by molar-refractivity contribution is -0.137. The number of hydrogen-bond donors (Lipinski definition) is 1. The maximum atomic E-state index is 13.3. The summed E-state index contributed by atoms with van der Waals surface area (Å²) in [5, 5.41) is 2.58. The fourth-order valence-electron chi connectivity index (χ4n) is 3.80. The fourth-order valence-corrected chi connectivity index (χ4v) is 4.02. The Morgan fingerprint density at radius 3 is 2.36 bits per heavy atom. The van der Waals surface area contributed by atoms with Crippen LogP contribution in [-0.4, -0.2) is 23.9 Å². The van der Waals surface area contributed by atoms with Crippen molar-refractivity contribution in [3.05, 3.63) is 70.2 Å². The highest BCUT2D eigenvalue weighted by Crippen LogP contribution is 2.40. The molecule has 1 fully saturated rings. The molecule has 0 radical (unpaired) electrons. The zero-order valence-electron chi connectivity index (χ0n) is 15.5. The lowest BCUT2D eigenvalue weighted by atomic mass is 9.80. The molecule has 3 rings (SSSR count). The van der Waals surface area contributed by atoms with Gasteiger partial charge in [-0.2, -0.15) is 13.2 Å². The Labute approximate surface area is 167 Å². The number of nitrogens with one attached hydrogen (secondary N) is 1. The largest absolute Gasteiger partial charge is 0.417 e. The predicted octanol–water partition coefficient (Wildman–Crippen LogP) is 4.99. The first-order chi connectivity index (χ1) is 13.2. The Hall–Kier alpha value is -2.05. The first-order valence-corrected chi connectivity index (χ1v) is 9.50. The van der Waals surface area contributed by atoms with Gasteiger partial charge in [0.15, 0.2) is 0 Å². The SMILES string of the molecule is CC(=O)NC1(c2ccc(Cl)c(C(F)(F)F)c2)CCN(Cc2ccccc2)CC1. The highest BCUT2D eigenvalue weighted by molar-refractivity contribution is 6.31. The number of halogens is 4. The normalized spacial score (nSPS) is 17.3. The zero-order valence-corrected chi connectivity index (χ0v) is 16.3. The number of nitrogens with zero attached hydrogens (tertiary/aromatic N) is 1. The molecule has 1 aliphatic rings. The third-order valence-electron chi connectivity index (χ3n) is 5.20. The molecule has 0 aliphatic carbocycles. The van der Waals surface area contributed by atoms with E-state index in [4.69, 9.17) is 11.6 Å². The number of likely N-dealkylation sites (tertiary alicyclic amines) is 1. The molecule has 0 atom stereocenters. The molecule has 0 spiro atoms. The van der Waals surface area contributed by atoms with E-state index in [1.54, 1.807) is 6.07 Å². The number of amides is 1. The number of alkyl halides is 3. The van der Waals surface area contributed by atoms with E-state index in [0.29, 0.717) is 31.5 Å². The van der Waals surface area contributed by atoms with Gasteiger partial charge >= 0.3 is 6.18 Å². The van der Waals surface area contributed by atoms with Gasteiger partial charge in [0.1, 0.15) is 0 Å². The molecular weight excluding hydrogens is 389 g/mol. The zero-order chi connectivity index (χ0) is 20.4. The summed E-state index contributed by atoms with van der Waals surface area (Å²) in [6.07, 6.45) is -3.49. The Bertz CT molecular complexity index is 831. The van der Waals surface area contributed by atoms with Gasteiger partial charge in [-0.3, -0.25) is 9.69 Å². The van der Waals surface area contributed by atoms with Crippen molar-refractivity contribution in [3.63, 3.8) is 0 Å². The maximum absolute atomic E-state index is 13.3. The summed E-state index contributed by atoms with van der Waals surface area (Å²) >= 11 is 5.77. The van der Waals surface area contributed by atoms with Gasteiger partial charge in [-0.1, -0.05) is 48.0 Å². The van der Waals surface area contributed by atoms with Gasteiger partial charge < -0.3 is 5.32 Å².